The summed E-state index contributed by atoms with van der Waals surface area (Å²) in [6, 6.07) is -0.220. The van der Waals surface area contributed by atoms with Crippen LogP contribution in [0.4, 0.5) is 0 Å². The second kappa shape index (κ2) is 5.47. The summed E-state index contributed by atoms with van der Waals surface area (Å²) in [5.74, 6) is 0.102. The van der Waals surface area contributed by atoms with E-state index in [1.165, 1.54) is 0 Å². The molecule has 15 heavy (non-hydrogen) atoms. The van der Waals surface area contributed by atoms with Gasteiger partial charge in [0.1, 0.15) is 0 Å². The van der Waals surface area contributed by atoms with Crippen molar-refractivity contribution in [3.8, 4) is 0 Å². The third-order valence-electron chi connectivity index (χ3n) is 3.06. The Bertz CT molecular complexity index is 211. The van der Waals surface area contributed by atoms with Crippen LogP contribution in [-0.4, -0.2) is 29.2 Å². The van der Waals surface area contributed by atoms with E-state index in [9.17, 15) is 9.90 Å². The normalized spacial score (nSPS) is 28.9. The predicted octanol–water partition coefficient (Wildman–Crippen LogP) is 0.389. The molecular weight excluding hydrogens is 192 g/mol. The number of rotatable bonds is 3. The average molecular weight is 214 g/mol. The second-order valence-corrected chi connectivity index (χ2v) is 4.78. The lowest BCUT2D eigenvalue weighted by Crippen LogP contribution is -2.48. The van der Waals surface area contributed by atoms with Crippen LogP contribution in [0.5, 0.6) is 0 Å². The maximum absolute atomic E-state index is 11.6. The number of nitrogens with two attached hydrogens (primary N) is 1. The van der Waals surface area contributed by atoms with Crippen molar-refractivity contribution in [3.63, 3.8) is 0 Å². The number of aliphatic hydroxyl groups is 1. The number of hydrogen-bond acceptors (Lipinski definition) is 3. The molecule has 4 heteroatoms. The fraction of sp³-hybridized carbons (Fsp3) is 0.909. The molecule has 88 valence electrons. The van der Waals surface area contributed by atoms with Crippen molar-refractivity contribution in [3.05, 3.63) is 0 Å². The molecule has 0 spiro atoms. The molecule has 0 heterocycles. The SMILES string of the molecule is CC(C)[C@H](N)C(=O)N[C@H]1CC[C@@H](O)CC1. The summed E-state index contributed by atoms with van der Waals surface area (Å²) in [6.07, 6.45) is 3.09. The number of nitrogens with one attached hydrogen (secondary N) is 1. The molecule has 0 radical (unpaired) electrons. The third kappa shape index (κ3) is 3.80. The fourth-order valence-corrected chi connectivity index (χ4v) is 1.82. The van der Waals surface area contributed by atoms with Gasteiger partial charge in [-0.25, -0.2) is 0 Å². The molecule has 1 rings (SSSR count). The Labute approximate surface area is 91.2 Å². The number of carbonyl (C=O) groups is 1. The van der Waals surface area contributed by atoms with Crippen LogP contribution in [0.15, 0.2) is 0 Å². The molecule has 0 aliphatic heterocycles. The number of hydrogen-bond donors (Lipinski definition) is 3. The highest BCUT2D eigenvalue weighted by Gasteiger charge is 2.24. The summed E-state index contributed by atoms with van der Waals surface area (Å²) in [5.41, 5.74) is 5.74. The van der Waals surface area contributed by atoms with Gasteiger partial charge in [-0.2, -0.15) is 0 Å². The summed E-state index contributed by atoms with van der Waals surface area (Å²) in [6.45, 7) is 3.88. The molecule has 4 N–H and O–H groups in total. The van der Waals surface area contributed by atoms with Crippen LogP contribution in [0.1, 0.15) is 39.5 Å². The van der Waals surface area contributed by atoms with E-state index in [0.717, 1.165) is 25.7 Å². The van der Waals surface area contributed by atoms with Gasteiger partial charge in [-0.1, -0.05) is 13.8 Å². The zero-order chi connectivity index (χ0) is 11.4. The predicted molar refractivity (Wildman–Crippen MR) is 59.2 cm³/mol. The van der Waals surface area contributed by atoms with Crippen LogP contribution in [0.3, 0.4) is 0 Å². The largest absolute Gasteiger partial charge is 0.393 e. The van der Waals surface area contributed by atoms with E-state index < -0.39 is 6.04 Å². The smallest absolute Gasteiger partial charge is 0.237 e. The van der Waals surface area contributed by atoms with Gasteiger partial charge in [0.15, 0.2) is 0 Å². The minimum absolute atomic E-state index is 0.0635. The number of carbonyl (C=O) groups excluding carboxylic acids is 1. The molecule has 0 unspecified atom stereocenters. The highest BCUT2D eigenvalue weighted by atomic mass is 16.3. The number of aliphatic hydroxyl groups excluding tert-OH is 1. The third-order valence-corrected chi connectivity index (χ3v) is 3.06. The van der Waals surface area contributed by atoms with Crippen LogP contribution in [-0.2, 0) is 4.79 Å². The zero-order valence-electron chi connectivity index (χ0n) is 9.57. The van der Waals surface area contributed by atoms with Crippen LogP contribution in [0.2, 0.25) is 0 Å². The molecule has 1 aliphatic carbocycles. The Morgan fingerprint density at radius 3 is 2.33 bits per heavy atom. The van der Waals surface area contributed by atoms with Gasteiger partial charge in [-0.3, -0.25) is 4.79 Å². The summed E-state index contributed by atoms with van der Waals surface area (Å²) in [5, 5.41) is 12.3. The van der Waals surface area contributed by atoms with Gasteiger partial charge in [0.2, 0.25) is 5.91 Å². The van der Waals surface area contributed by atoms with E-state index in [1.54, 1.807) is 0 Å². The highest BCUT2D eigenvalue weighted by Crippen LogP contribution is 2.18. The molecule has 0 aromatic rings. The highest BCUT2D eigenvalue weighted by molar-refractivity contribution is 5.82. The molecule has 1 fully saturated rings. The van der Waals surface area contributed by atoms with Crippen molar-refractivity contribution in [1.29, 1.82) is 0 Å². The minimum atomic E-state index is -0.420. The van der Waals surface area contributed by atoms with Gasteiger partial charge in [-0.05, 0) is 31.6 Å². The molecule has 0 bridgehead atoms. The first-order valence-corrected chi connectivity index (χ1v) is 5.74. The van der Waals surface area contributed by atoms with Gasteiger partial charge >= 0.3 is 0 Å². The van der Waals surface area contributed by atoms with Crippen molar-refractivity contribution in [2.75, 3.05) is 0 Å². The van der Waals surface area contributed by atoms with E-state index in [1.807, 2.05) is 13.8 Å². The molecule has 0 aromatic carbocycles. The molecular formula is C11H22N2O2. The van der Waals surface area contributed by atoms with E-state index in [-0.39, 0.29) is 24.0 Å². The monoisotopic (exact) mass is 214 g/mol. The van der Waals surface area contributed by atoms with Crippen LogP contribution < -0.4 is 11.1 Å². The van der Waals surface area contributed by atoms with E-state index >= 15 is 0 Å². The van der Waals surface area contributed by atoms with Crippen molar-refractivity contribution in [2.45, 2.75) is 57.7 Å². The first-order valence-electron chi connectivity index (χ1n) is 5.74. The molecule has 0 saturated heterocycles. The summed E-state index contributed by atoms with van der Waals surface area (Å²) in [4.78, 5) is 11.6. The average Bonchev–Trinajstić information content (AvgIpc) is 2.20. The van der Waals surface area contributed by atoms with Crippen LogP contribution in [0, 0.1) is 5.92 Å². The second-order valence-electron chi connectivity index (χ2n) is 4.78. The summed E-state index contributed by atoms with van der Waals surface area (Å²) < 4.78 is 0. The lowest BCUT2D eigenvalue weighted by molar-refractivity contribution is -0.124. The van der Waals surface area contributed by atoms with Crippen molar-refractivity contribution in [1.82, 2.24) is 5.32 Å². The van der Waals surface area contributed by atoms with E-state index in [2.05, 4.69) is 5.32 Å². The Morgan fingerprint density at radius 2 is 1.87 bits per heavy atom. The van der Waals surface area contributed by atoms with Gasteiger partial charge < -0.3 is 16.2 Å². The Kier molecular flexibility index (Phi) is 4.54. The van der Waals surface area contributed by atoms with Crippen LogP contribution >= 0.6 is 0 Å². The molecule has 1 atom stereocenters. The quantitative estimate of drug-likeness (QED) is 0.636. The van der Waals surface area contributed by atoms with Gasteiger partial charge in [0.25, 0.3) is 0 Å². The zero-order valence-corrected chi connectivity index (χ0v) is 9.57. The summed E-state index contributed by atoms with van der Waals surface area (Å²) in [7, 11) is 0. The maximum atomic E-state index is 11.6. The first-order chi connectivity index (χ1) is 7.00. The topological polar surface area (TPSA) is 75.4 Å². The lowest BCUT2D eigenvalue weighted by Gasteiger charge is -2.27. The van der Waals surface area contributed by atoms with Crippen LogP contribution in [0.25, 0.3) is 0 Å². The minimum Gasteiger partial charge on any atom is -0.393 e. The van der Waals surface area contributed by atoms with E-state index in [4.69, 9.17) is 5.73 Å². The molecule has 1 saturated carbocycles. The number of amides is 1. The van der Waals surface area contributed by atoms with Crippen molar-refractivity contribution < 1.29 is 9.90 Å². The van der Waals surface area contributed by atoms with Gasteiger partial charge in [-0.15, -0.1) is 0 Å². The lowest BCUT2D eigenvalue weighted by atomic mass is 9.92. The fourth-order valence-electron chi connectivity index (χ4n) is 1.82. The molecule has 4 nitrogen and oxygen atoms in total. The maximum Gasteiger partial charge on any atom is 0.237 e. The summed E-state index contributed by atoms with van der Waals surface area (Å²) >= 11 is 0. The Morgan fingerprint density at radius 1 is 1.33 bits per heavy atom. The van der Waals surface area contributed by atoms with Gasteiger partial charge in [0, 0.05) is 6.04 Å². The standard InChI is InChI=1S/C11H22N2O2/c1-7(2)10(12)11(15)13-8-3-5-9(14)6-4-8/h7-10,14H,3-6,12H2,1-2H3,(H,13,15)/t8-,9+,10-/m0/s1. The molecule has 1 amide bonds. The van der Waals surface area contributed by atoms with Crippen molar-refractivity contribution >= 4 is 5.91 Å². The molecule has 0 aromatic heterocycles. The Hall–Kier alpha value is -0.610. The van der Waals surface area contributed by atoms with Gasteiger partial charge in [0.05, 0.1) is 12.1 Å². The van der Waals surface area contributed by atoms with E-state index in [0.29, 0.717) is 0 Å². The van der Waals surface area contributed by atoms with Crippen molar-refractivity contribution in [2.24, 2.45) is 11.7 Å². The first kappa shape index (κ1) is 12.5. The Balaban J connectivity index is 2.32. The molecule has 1 aliphatic rings.